The maximum atomic E-state index is 11.5. The summed E-state index contributed by atoms with van der Waals surface area (Å²) in [5, 5.41) is 0. The third-order valence-electron chi connectivity index (χ3n) is 0.414. The lowest BCUT2D eigenvalue weighted by molar-refractivity contribution is 0.689. The van der Waals surface area contributed by atoms with Crippen molar-refractivity contribution in [1.82, 2.24) is 0 Å². The zero-order chi connectivity index (χ0) is 5.70. The lowest BCUT2D eigenvalue weighted by Gasteiger charge is -1.76. The zero-order valence-electron chi connectivity index (χ0n) is 4.32. The monoisotopic (exact) mass is 101 g/mol. The van der Waals surface area contributed by atoms with Crippen molar-refractivity contribution >= 4 is 6.21 Å². The highest BCUT2D eigenvalue weighted by Crippen LogP contribution is 1.82. The summed E-state index contributed by atoms with van der Waals surface area (Å²) in [6.07, 6.45) is 1.11. The van der Waals surface area contributed by atoms with Crippen molar-refractivity contribution in [3.63, 3.8) is 0 Å². The summed E-state index contributed by atoms with van der Waals surface area (Å²) in [4.78, 5) is 3.57. The van der Waals surface area contributed by atoms with E-state index in [1.165, 1.54) is 0 Å². The van der Waals surface area contributed by atoms with Gasteiger partial charge in [-0.25, -0.2) is 4.39 Å². The predicted octanol–water partition coefficient (Wildman–Crippen LogP) is 1.56. The van der Waals surface area contributed by atoms with Gasteiger partial charge in [0.05, 0.1) is 6.21 Å². The Kier molecular flexibility index (Phi) is 3.19. The maximum absolute atomic E-state index is 11.5. The average Bonchev–Trinajstić information content (AvgIpc) is 1.61. The summed E-state index contributed by atoms with van der Waals surface area (Å²) in [5.74, 6) is -0.484. The molecule has 0 aliphatic heterocycles. The molecule has 0 unspecified atom stereocenters. The fourth-order valence-electron chi connectivity index (χ4n) is 0.190. The lowest BCUT2D eigenvalue weighted by Crippen LogP contribution is -1.72. The van der Waals surface area contributed by atoms with Gasteiger partial charge in [0.15, 0.2) is 0 Å². The molecule has 0 aromatic carbocycles. The number of allylic oxidation sites excluding steroid dienone is 1. The molecule has 0 amide bonds. The van der Waals surface area contributed by atoms with Gasteiger partial charge in [-0.2, -0.15) is 0 Å². The van der Waals surface area contributed by atoms with Crippen molar-refractivity contribution in [1.29, 1.82) is 0 Å². The van der Waals surface area contributed by atoms with Crippen LogP contribution in [0.4, 0.5) is 4.39 Å². The number of nitrogens with zero attached hydrogens (tertiary/aromatic N) is 1. The largest absolute Gasteiger partial charge is 0.290 e. The standard InChI is InChI=1S/C5H8FN/c1-3-7-4-5(2)6/h4H,2-3H2,1H3/b7-4-. The van der Waals surface area contributed by atoms with E-state index in [4.69, 9.17) is 0 Å². The summed E-state index contributed by atoms with van der Waals surface area (Å²) in [6, 6.07) is 0. The average molecular weight is 101 g/mol. The van der Waals surface area contributed by atoms with E-state index in [1.54, 1.807) is 0 Å². The van der Waals surface area contributed by atoms with Crippen molar-refractivity contribution < 1.29 is 4.39 Å². The Balaban J connectivity index is 3.26. The van der Waals surface area contributed by atoms with Gasteiger partial charge in [0.25, 0.3) is 0 Å². The Morgan fingerprint density at radius 3 is 2.71 bits per heavy atom. The summed E-state index contributed by atoms with van der Waals surface area (Å²) in [6.45, 7) is 5.42. The van der Waals surface area contributed by atoms with E-state index in [1.807, 2.05) is 6.92 Å². The maximum Gasteiger partial charge on any atom is 0.133 e. The second-order valence-corrected chi connectivity index (χ2v) is 1.07. The molecule has 0 spiro atoms. The number of hydrogen-bond acceptors (Lipinski definition) is 1. The molecule has 0 saturated heterocycles. The van der Waals surface area contributed by atoms with Gasteiger partial charge >= 0.3 is 0 Å². The molecule has 0 fully saturated rings. The molecule has 0 aromatic rings. The van der Waals surface area contributed by atoms with Crippen molar-refractivity contribution in [3.8, 4) is 0 Å². The van der Waals surface area contributed by atoms with Crippen molar-refractivity contribution in [3.05, 3.63) is 12.4 Å². The molecular weight excluding hydrogens is 93.1 g/mol. The molecule has 7 heavy (non-hydrogen) atoms. The van der Waals surface area contributed by atoms with Crippen LogP contribution in [0.15, 0.2) is 17.4 Å². The molecule has 0 saturated carbocycles. The van der Waals surface area contributed by atoms with Crippen LogP contribution in [0.3, 0.4) is 0 Å². The number of hydrogen-bond donors (Lipinski definition) is 0. The third-order valence-corrected chi connectivity index (χ3v) is 0.414. The van der Waals surface area contributed by atoms with Gasteiger partial charge < -0.3 is 0 Å². The van der Waals surface area contributed by atoms with Gasteiger partial charge in [-0.3, -0.25) is 4.99 Å². The van der Waals surface area contributed by atoms with Gasteiger partial charge in [-0.15, -0.1) is 0 Å². The minimum absolute atomic E-state index is 0.484. The van der Waals surface area contributed by atoms with E-state index in [-0.39, 0.29) is 0 Å². The van der Waals surface area contributed by atoms with Crippen LogP contribution in [-0.4, -0.2) is 12.8 Å². The number of aliphatic imine (C=N–C) groups is 1. The van der Waals surface area contributed by atoms with Crippen LogP contribution in [0.2, 0.25) is 0 Å². The molecule has 0 N–H and O–H groups in total. The Morgan fingerprint density at radius 2 is 2.57 bits per heavy atom. The van der Waals surface area contributed by atoms with Crippen molar-refractivity contribution in [2.45, 2.75) is 6.92 Å². The summed E-state index contributed by atoms with van der Waals surface area (Å²) < 4.78 is 11.5. The summed E-state index contributed by atoms with van der Waals surface area (Å²) >= 11 is 0. The van der Waals surface area contributed by atoms with Crippen LogP contribution in [0.5, 0.6) is 0 Å². The molecule has 0 aliphatic rings. The van der Waals surface area contributed by atoms with E-state index in [2.05, 4.69) is 11.6 Å². The number of rotatable bonds is 2. The Bertz CT molecular complexity index is 86.1. The number of halogens is 1. The summed E-state index contributed by atoms with van der Waals surface area (Å²) in [7, 11) is 0. The highest BCUT2D eigenvalue weighted by molar-refractivity contribution is 5.74. The first-order valence-electron chi connectivity index (χ1n) is 2.11. The first-order valence-corrected chi connectivity index (χ1v) is 2.11. The van der Waals surface area contributed by atoms with E-state index >= 15 is 0 Å². The van der Waals surface area contributed by atoms with Gasteiger partial charge in [-0.1, -0.05) is 6.58 Å². The molecule has 0 atom stereocenters. The van der Waals surface area contributed by atoms with E-state index in [0.29, 0.717) is 6.54 Å². The SMILES string of the molecule is C=C(F)/C=N\CC. The van der Waals surface area contributed by atoms with Crippen LogP contribution in [-0.2, 0) is 0 Å². The lowest BCUT2D eigenvalue weighted by atomic mass is 10.6. The quantitative estimate of drug-likeness (QED) is 0.468. The molecule has 0 heterocycles. The Hall–Kier alpha value is -0.660. The normalized spacial score (nSPS) is 10.0. The molecule has 0 rings (SSSR count). The molecule has 1 nitrogen and oxygen atoms in total. The molecule has 0 radical (unpaired) electrons. The van der Waals surface area contributed by atoms with E-state index in [0.717, 1.165) is 6.21 Å². The van der Waals surface area contributed by atoms with Gasteiger partial charge in [0, 0.05) is 6.54 Å². The Labute approximate surface area is 42.6 Å². The first-order chi connectivity index (χ1) is 3.27. The van der Waals surface area contributed by atoms with Crippen molar-refractivity contribution in [2.75, 3.05) is 6.54 Å². The smallest absolute Gasteiger partial charge is 0.133 e. The van der Waals surface area contributed by atoms with Crippen LogP contribution >= 0.6 is 0 Å². The van der Waals surface area contributed by atoms with Gasteiger partial charge in [-0.05, 0) is 6.92 Å². The van der Waals surface area contributed by atoms with Crippen LogP contribution in [0.1, 0.15) is 6.92 Å². The minimum Gasteiger partial charge on any atom is -0.290 e. The molecule has 0 aromatic heterocycles. The fraction of sp³-hybridized carbons (Fsp3) is 0.400. The predicted molar refractivity (Wildman–Crippen MR) is 29.3 cm³/mol. The van der Waals surface area contributed by atoms with Crippen LogP contribution < -0.4 is 0 Å². The fourth-order valence-corrected chi connectivity index (χ4v) is 0.190. The highest BCUT2D eigenvalue weighted by Gasteiger charge is 1.74. The molecular formula is C5H8FN. The molecule has 0 bridgehead atoms. The van der Waals surface area contributed by atoms with Crippen molar-refractivity contribution in [2.24, 2.45) is 4.99 Å². The highest BCUT2D eigenvalue weighted by atomic mass is 19.1. The molecule has 40 valence electrons. The first kappa shape index (κ1) is 6.34. The molecule has 2 heteroatoms. The minimum atomic E-state index is -0.484. The van der Waals surface area contributed by atoms with E-state index < -0.39 is 5.83 Å². The topological polar surface area (TPSA) is 12.4 Å². The molecule has 0 aliphatic carbocycles. The Morgan fingerprint density at radius 1 is 2.00 bits per heavy atom. The van der Waals surface area contributed by atoms with Gasteiger partial charge in [0.1, 0.15) is 5.83 Å². The summed E-state index contributed by atoms with van der Waals surface area (Å²) in [5.41, 5.74) is 0. The zero-order valence-corrected chi connectivity index (χ0v) is 4.32. The van der Waals surface area contributed by atoms with Gasteiger partial charge in [0.2, 0.25) is 0 Å². The van der Waals surface area contributed by atoms with E-state index in [9.17, 15) is 4.39 Å². The van der Waals surface area contributed by atoms with Crippen LogP contribution in [0.25, 0.3) is 0 Å². The second kappa shape index (κ2) is 3.53. The second-order valence-electron chi connectivity index (χ2n) is 1.07. The third kappa shape index (κ3) is 5.34. The van der Waals surface area contributed by atoms with Crippen LogP contribution in [0, 0.1) is 0 Å².